The lowest BCUT2D eigenvalue weighted by Crippen LogP contribution is -2.13. The van der Waals surface area contributed by atoms with E-state index < -0.39 is 11.7 Å². The van der Waals surface area contributed by atoms with Crippen molar-refractivity contribution in [1.29, 1.82) is 0 Å². The van der Waals surface area contributed by atoms with Gasteiger partial charge < -0.3 is 10.1 Å². The summed E-state index contributed by atoms with van der Waals surface area (Å²) < 4.78 is 18.8. The molecule has 0 fully saturated rings. The van der Waals surface area contributed by atoms with Gasteiger partial charge in [0.2, 0.25) is 0 Å². The van der Waals surface area contributed by atoms with Crippen LogP contribution in [0.3, 0.4) is 0 Å². The van der Waals surface area contributed by atoms with Gasteiger partial charge in [-0.05, 0) is 52.3 Å². The van der Waals surface area contributed by atoms with Crippen LogP contribution in [0.4, 0.5) is 10.1 Å². The smallest absolute Gasteiger partial charge is 0.259 e. The summed E-state index contributed by atoms with van der Waals surface area (Å²) in [6, 6.07) is 9.03. The fourth-order valence-electron chi connectivity index (χ4n) is 1.63. The highest BCUT2D eigenvalue weighted by Crippen LogP contribution is 2.25. The molecule has 0 aromatic heterocycles. The van der Waals surface area contributed by atoms with E-state index >= 15 is 0 Å². The molecule has 1 amide bonds. The summed E-state index contributed by atoms with van der Waals surface area (Å²) in [4.78, 5) is 12.2. The first-order chi connectivity index (χ1) is 9.51. The zero-order chi connectivity index (χ0) is 14.7. The summed E-state index contributed by atoms with van der Waals surface area (Å²) in [5, 5.41) is 3.00. The normalized spacial score (nSPS) is 10.2. The molecule has 6 heteroatoms. The summed E-state index contributed by atoms with van der Waals surface area (Å²) in [7, 11) is 1.46. The molecular weight excluding hydrogens is 349 g/mol. The van der Waals surface area contributed by atoms with E-state index in [1.54, 1.807) is 18.2 Å². The Balaban J connectivity index is 2.27. The number of rotatable bonds is 3. The van der Waals surface area contributed by atoms with Crippen LogP contribution in [0, 0.1) is 5.82 Å². The number of ether oxygens (including phenoxy) is 1. The maximum absolute atomic E-state index is 13.4. The molecule has 0 aliphatic rings. The summed E-state index contributed by atoms with van der Waals surface area (Å²) in [5.41, 5.74) is 0.626. The topological polar surface area (TPSA) is 38.3 Å². The van der Waals surface area contributed by atoms with Crippen molar-refractivity contribution in [3.05, 3.63) is 57.3 Å². The largest absolute Gasteiger partial charge is 0.496 e. The first-order valence-electron chi connectivity index (χ1n) is 5.61. The molecule has 0 spiro atoms. The van der Waals surface area contributed by atoms with Crippen LogP contribution in [0.5, 0.6) is 5.75 Å². The number of amides is 1. The van der Waals surface area contributed by atoms with E-state index in [-0.39, 0.29) is 5.56 Å². The number of hydrogen-bond acceptors (Lipinski definition) is 2. The van der Waals surface area contributed by atoms with E-state index in [1.165, 1.54) is 25.3 Å². The van der Waals surface area contributed by atoms with Gasteiger partial charge in [-0.2, -0.15) is 0 Å². The monoisotopic (exact) mass is 357 g/mol. The Hall–Kier alpha value is -1.59. The maximum atomic E-state index is 13.4. The molecule has 0 saturated carbocycles. The minimum atomic E-state index is -0.458. The van der Waals surface area contributed by atoms with Crippen LogP contribution in [-0.2, 0) is 0 Å². The van der Waals surface area contributed by atoms with Crippen molar-refractivity contribution in [2.75, 3.05) is 12.4 Å². The highest BCUT2D eigenvalue weighted by molar-refractivity contribution is 9.10. The van der Waals surface area contributed by atoms with E-state index in [0.717, 1.165) is 0 Å². The maximum Gasteiger partial charge on any atom is 0.259 e. The van der Waals surface area contributed by atoms with E-state index in [1.807, 2.05) is 0 Å². The summed E-state index contributed by atoms with van der Waals surface area (Å²) >= 11 is 8.91. The molecule has 104 valence electrons. The average molecular weight is 359 g/mol. The molecule has 0 atom stereocenters. The molecule has 3 nitrogen and oxygen atoms in total. The van der Waals surface area contributed by atoms with Gasteiger partial charge in [0.1, 0.15) is 11.6 Å². The minimum Gasteiger partial charge on any atom is -0.496 e. The van der Waals surface area contributed by atoms with E-state index in [2.05, 4.69) is 21.2 Å². The van der Waals surface area contributed by atoms with Crippen LogP contribution in [0.2, 0.25) is 5.02 Å². The van der Waals surface area contributed by atoms with Gasteiger partial charge in [-0.1, -0.05) is 11.6 Å². The van der Waals surface area contributed by atoms with Crippen molar-refractivity contribution in [3.63, 3.8) is 0 Å². The Labute approximate surface area is 128 Å². The number of carbonyl (C=O) groups is 1. The standard InChI is InChI=1S/C14H10BrClFNO2/c1-20-13-5-2-8(16)6-10(13)14(19)18-9-3-4-11(15)12(17)7-9/h2-7H,1H3,(H,18,19). The second-order valence-electron chi connectivity index (χ2n) is 3.93. The molecule has 1 N–H and O–H groups in total. The predicted molar refractivity (Wildman–Crippen MR) is 80.1 cm³/mol. The molecule has 0 bridgehead atoms. The van der Waals surface area contributed by atoms with Crippen molar-refractivity contribution in [2.45, 2.75) is 0 Å². The van der Waals surface area contributed by atoms with Gasteiger partial charge in [0, 0.05) is 10.7 Å². The third-order valence-corrected chi connectivity index (χ3v) is 3.46. The summed E-state index contributed by atoms with van der Waals surface area (Å²) in [5.74, 6) is -0.489. The van der Waals surface area contributed by atoms with Gasteiger partial charge in [0.15, 0.2) is 0 Å². The summed E-state index contributed by atoms with van der Waals surface area (Å²) in [6.07, 6.45) is 0. The quantitative estimate of drug-likeness (QED) is 0.877. The lowest BCUT2D eigenvalue weighted by molar-refractivity contribution is 0.102. The Morgan fingerprint density at radius 1 is 1.30 bits per heavy atom. The van der Waals surface area contributed by atoms with Crippen LogP contribution in [0.25, 0.3) is 0 Å². The summed E-state index contributed by atoms with van der Waals surface area (Å²) in [6.45, 7) is 0. The van der Waals surface area contributed by atoms with Crippen LogP contribution in [0.15, 0.2) is 40.9 Å². The van der Waals surface area contributed by atoms with Crippen molar-refractivity contribution in [3.8, 4) is 5.75 Å². The van der Waals surface area contributed by atoms with Gasteiger partial charge in [-0.15, -0.1) is 0 Å². The molecule has 2 aromatic rings. The van der Waals surface area contributed by atoms with E-state index in [0.29, 0.717) is 20.9 Å². The average Bonchev–Trinajstić information content (AvgIpc) is 2.43. The van der Waals surface area contributed by atoms with Crippen LogP contribution in [-0.4, -0.2) is 13.0 Å². The Morgan fingerprint density at radius 3 is 2.70 bits per heavy atom. The number of benzene rings is 2. The second kappa shape index (κ2) is 6.24. The van der Waals surface area contributed by atoms with Gasteiger partial charge in [-0.3, -0.25) is 4.79 Å². The molecule has 0 heterocycles. The molecule has 0 aliphatic heterocycles. The van der Waals surface area contributed by atoms with Crippen molar-refractivity contribution in [2.24, 2.45) is 0 Å². The Morgan fingerprint density at radius 2 is 2.05 bits per heavy atom. The van der Waals surface area contributed by atoms with E-state index in [4.69, 9.17) is 16.3 Å². The number of anilines is 1. The molecule has 0 radical (unpaired) electrons. The van der Waals surface area contributed by atoms with Gasteiger partial charge >= 0.3 is 0 Å². The fraction of sp³-hybridized carbons (Fsp3) is 0.0714. The predicted octanol–water partition coefficient (Wildman–Crippen LogP) is 4.50. The highest BCUT2D eigenvalue weighted by Gasteiger charge is 2.13. The van der Waals surface area contributed by atoms with Crippen LogP contribution < -0.4 is 10.1 Å². The van der Waals surface area contributed by atoms with Gasteiger partial charge in [-0.25, -0.2) is 4.39 Å². The first kappa shape index (κ1) is 14.8. The molecule has 0 saturated heterocycles. The third kappa shape index (κ3) is 3.29. The molecule has 20 heavy (non-hydrogen) atoms. The van der Waals surface area contributed by atoms with Crippen molar-refractivity contribution < 1.29 is 13.9 Å². The third-order valence-electron chi connectivity index (χ3n) is 2.58. The fourth-order valence-corrected chi connectivity index (χ4v) is 2.05. The molecule has 0 unspecified atom stereocenters. The SMILES string of the molecule is COc1ccc(Cl)cc1C(=O)Nc1ccc(Br)c(F)c1. The number of carbonyl (C=O) groups excluding carboxylic acids is 1. The van der Waals surface area contributed by atoms with Gasteiger partial charge in [0.05, 0.1) is 17.1 Å². The van der Waals surface area contributed by atoms with Crippen molar-refractivity contribution in [1.82, 2.24) is 0 Å². The van der Waals surface area contributed by atoms with Crippen LogP contribution in [0.1, 0.15) is 10.4 Å². The number of methoxy groups -OCH3 is 1. The zero-order valence-corrected chi connectivity index (χ0v) is 12.8. The molecule has 2 aromatic carbocycles. The number of halogens is 3. The lowest BCUT2D eigenvalue weighted by Gasteiger charge is -2.10. The minimum absolute atomic E-state index is 0.281. The first-order valence-corrected chi connectivity index (χ1v) is 6.78. The Bertz CT molecular complexity index is 664. The molecule has 0 aliphatic carbocycles. The second-order valence-corrected chi connectivity index (χ2v) is 5.22. The number of hydrogen-bond donors (Lipinski definition) is 1. The van der Waals surface area contributed by atoms with Gasteiger partial charge in [0.25, 0.3) is 5.91 Å². The Kier molecular flexibility index (Phi) is 4.62. The van der Waals surface area contributed by atoms with Crippen molar-refractivity contribution >= 4 is 39.1 Å². The number of nitrogens with one attached hydrogen (secondary N) is 1. The van der Waals surface area contributed by atoms with E-state index in [9.17, 15) is 9.18 Å². The van der Waals surface area contributed by atoms with Crippen LogP contribution >= 0.6 is 27.5 Å². The molecular formula is C14H10BrClFNO2. The zero-order valence-electron chi connectivity index (χ0n) is 10.4. The highest BCUT2D eigenvalue weighted by atomic mass is 79.9. The lowest BCUT2D eigenvalue weighted by atomic mass is 10.2. The molecule has 2 rings (SSSR count).